The molecular weight excluding hydrogens is 226 g/mol. The van der Waals surface area contributed by atoms with Gasteiger partial charge in [0, 0.05) is 5.56 Å². The Hall–Kier alpha value is -2.31. The van der Waals surface area contributed by atoms with Gasteiger partial charge in [0.15, 0.2) is 11.6 Å². The predicted octanol–water partition coefficient (Wildman–Crippen LogP) is 2.55. The van der Waals surface area contributed by atoms with Crippen LogP contribution in [-0.4, -0.2) is 10.1 Å². The second-order valence-electron chi connectivity index (χ2n) is 3.86. The minimum absolute atomic E-state index is 0.0837. The van der Waals surface area contributed by atoms with E-state index >= 15 is 0 Å². The zero-order valence-corrected chi connectivity index (χ0v) is 9.34. The van der Waals surface area contributed by atoms with E-state index in [1.807, 2.05) is 13.8 Å². The molecule has 7 heteroatoms. The van der Waals surface area contributed by atoms with E-state index in [0.29, 0.717) is 11.3 Å². The molecule has 0 bridgehead atoms. The van der Waals surface area contributed by atoms with Crippen molar-refractivity contribution in [3.05, 3.63) is 27.8 Å². The van der Waals surface area contributed by atoms with Gasteiger partial charge in [0.1, 0.15) is 4.92 Å². The number of anilines is 1. The van der Waals surface area contributed by atoms with Crippen LogP contribution in [0.2, 0.25) is 0 Å². The van der Waals surface area contributed by atoms with Gasteiger partial charge in [0.05, 0.1) is 6.07 Å². The molecule has 0 aliphatic rings. The lowest BCUT2D eigenvalue weighted by Gasteiger charge is -2.02. The molecule has 0 aliphatic heterocycles. The summed E-state index contributed by atoms with van der Waals surface area (Å²) in [4.78, 5) is 9.90. The summed E-state index contributed by atoms with van der Waals surface area (Å²) in [6.07, 6.45) is 0. The highest BCUT2D eigenvalue weighted by molar-refractivity contribution is 5.63. The Bertz CT molecular complexity index is 556. The number of hydrogen-bond acceptors (Lipinski definition) is 6. The molecule has 2 N–H and O–H groups in total. The number of furan rings is 1. The van der Waals surface area contributed by atoms with Crippen LogP contribution in [0.3, 0.4) is 0 Å². The summed E-state index contributed by atoms with van der Waals surface area (Å²) in [6, 6.07) is 2.72. The lowest BCUT2D eigenvalue weighted by molar-refractivity contribution is -0.401. The van der Waals surface area contributed by atoms with E-state index in [1.165, 1.54) is 12.1 Å². The van der Waals surface area contributed by atoms with Crippen molar-refractivity contribution in [1.29, 1.82) is 0 Å². The van der Waals surface area contributed by atoms with Gasteiger partial charge < -0.3 is 14.7 Å². The van der Waals surface area contributed by atoms with Crippen LogP contribution in [0, 0.1) is 10.1 Å². The minimum atomic E-state index is -0.613. The van der Waals surface area contributed by atoms with Gasteiger partial charge >= 0.3 is 5.88 Å². The maximum Gasteiger partial charge on any atom is 0.433 e. The Kier molecular flexibility index (Phi) is 2.58. The van der Waals surface area contributed by atoms with E-state index in [-0.39, 0.29) is 23.4 Å². The van der Waals surface area contributed by atoms with Crippen molar-refractivity contribution in [3.8, 4) is 11.5 Å². The van der Waals surface area contributed by atoms with Gasteiger partial charge in [-0.1, -0.05) is 19.0 Å². The Morgan fingerprint density at radius 2 is 2.18 bits per heavy atom. The normalized spacial score (nSPS) is 11.0. The summed E-state index contributed by atoms with van der Waals surface area (Å²) in [5.74, 6) is 0.606. The van der Waals surface area contributed by atoms with Gasteiger partial charge in [-0.3, -0.25) is 10.1 Å². The van der Waals surface area contributed by atoms with Crippen LogP contribution >= 0.6 is 0 Å². The predicted molar refractivity (Wildman–Crippen MR) is 59.4 cm³/mol. The summed E-state index contributed by atoms with van der Waals surface area (Å²) in [5.41, 5.74) is 6.35. The first kappa shape index (κ1) is 11.2. The number of rotatable bonds is 3. The fourth-order valence-corrected chi connectivity index (χ4v) is 1.59. The summed E-state index contributed by atoms with van der Waals surface area (Å²) in [5, 5.41) is 14.2. The molecule has 0 spiro atoms. The topological polar surface area (TPSA) is 108 Å². The number of nitrogens with two attached hydrogens (primary N) is 1. The molecule has 2 heterocycles. The first-order valence-electron chi connectivity index (χ1n) is 5.00. The van der Waals surface area contributed by atoms with E-state index in [2.05, 4.69) is 5.16 Å². The molecular formula is C10H11N3O4. The van der Waals surface area contributed by atoms with E-state index in [9.17, 15) is 10.1 Å². The van der Waals surface area contributed by atoms with Crippen molar-refractivity contribution in [3.63, 3.8) is 0 Å². The zero-order chi connectivity index (χ0) is 12.6. The Labute approximate surface area is 96.3 Å². The van der Waals surface area contributed by atoms with Crippen molar-refractivity contribution < 1.29 is 13.9 Å². The minimum Gasteiger partial charge on any atom is -0.397 e. The van der Waals surface area contributed by atoms with Gasteiger partial charge in [0.25, 0.3) is 0 Å². The fourth-order valence-electron chi connectivity index (χ4n) is 1.59. The molecule has 0 aromatic carbocycles. The number of nitro groups is 1. The highest BCUT2D eigenvalue weighted by atomic mass is 16.6. The molecule has 7 nitrogen and oxygen atoms in total. The van der Waals surface area contributed by atoms with Crippen LogP contribution in [0.25, 0.3) is 11.5 Å². The lowest BCUT2D eigenvalue weighted by atomic mass is 10.0. The fraction of sp³-hybridized carbons (Fsp3) is 0.300. The Morgan fingerprint density at radius 3 is 2.71 bits per heavy atom. The highest BCUT2D eigenvalue weighted by Crippen LogP contribution is 2.35. The summed E-state index contributed by atoms with van der Waals surface area (Å²) in [6.45, 7) is 3.84. The first-order chi connectivity index (χ1) is 8.00. The van der Waals surface area contributed by atoms with Gasteiger partial charge in [-0.25, -0.2) is 0 Å². The monoisotopic (exact) mass is 237 g/mol. The molecule has 0 amide bonds. The molecule has 0 unspecified atom stereocenters. The van der Waals surface area contributed by atoms with Crippen LogP contribution in [0.4, 0.5) is 11.7 Å². The summed E-state index contributed by atoms with van der Waals surface area (Å²) in [7, 11) is 0. The van der Waals surface area contributed by atoms with Crippen molar-refractivity contribution in [2.24, 2.45) is 0 Å². The van der Waals surface area contributed by atoms with Crippen LogP contribution < -0.4 is 5.73 Å². The zero-order valence-electron chi connectivity index (χ0n) is 9.34. The number of nitrogens with zero attached hydrogens (tertiary/aromatic N) is 2. The van der Waals surface area contributed by atoms with Crippen molar-refractivity contribution in [1.82, 2.24) is 5.16 Å². The molecule has 2 aromatic rings. The van der Waals surface area contributed by atoms with Crippen molar-refractivity contribution in [2.75, 3.05) is 5.73 Å². The Balaban J connectivity index is 2.49. The molecule has 0 aliphatic carbocycles. The molecule has 0 fully saturated rings. The average Bonchev–Trinajstić information content (AvgIpc) is 2.82. The number of hydrogen-bond donors (Lipinski definition) is 1. The van der Waals surface area contributed by atoms with Crippen LogP contribution in [0.5, 0.6) is 0 Å². The molecule has 0 saturated heterocycles. The number of nitrogen functional groups attached to an aromatic ring is 1. The lowest BCUT2D eigenvalue weighted by Crippen LogP contribution is -1.94. The van der Waals surface area contributed by atoms with Gasteiger partial charge in [-0.2, -0.15) is 0 Å². The maximum absolute atomic E-state index is 10.5. The van der Waals surface area contributed by atoms with Crippen LogP contribution in [0.15, 0.2) is 21.1 Å². The van der Waals surface area contributed by atoms with Crippen molar-refractivity contribution in [2.45, 2.75) is 19.8 Å². The van der Waals surface area contributed by atoms with E-state index in [4.69, 9.17) is 14.7 Å². The van der Waals surface area contributed by atoms with E-state index in [1.54, 1.807) is 0 Å². The van der Waals surface area contributed by atoms with E-state index < -0.39 is 4.92 Å². The second kappa shape index (κ2) is 3.93. The third kappa shape index (κ3) is 1.86. The molecule has 0 saturated carbocycles. The summed E-state index contributed by atoms with van der Waals surface area (Å²) >= 11 is 0. The highest BCUT2D eigenvalue weighted by Gasteiger charge is 2.23. The van der Waals surface area contributed by atoms with Crippen LogP contribution in [0.1, 0.15) is 25.3 Å². The van der Waals surface area contributed by atoms with Crippen LogP contribution in [-0.2, 0) is 0 Å². The molecule has 2 aromatic heterocycles. The van der Waals surface area contributed by atoms with Gasteiger partial charge in [-0.15, -0.1) is 0 Å². The quantitative estimate of drug-likeness (QED) is 0.649. The van der Waals surface area contributed by atoms with Gasteiger partial charge in [-0.05, 0) is 12.0 Å². The molecule has 90 valence electrons. The first-order valence-corrected chi connectivity index (χ1v) is 5.00. The van der Waals surface area contributed by atoms with Gasteiger partial charge in [0.2, 0.25) is 5.76 Å². The molecule has 17 heavy (non-hydrogen) atoms. The maximum atomic E-state index is 10.5. The largest absolute Gasteiger partial charge is 0.433 e. The summed E-state index contributed by atoms with van der Waals surface area (Å²) < 4.78 is 10.1. The number of aromatic nitrogens is 1. The second-order valence-corrected chi connectivity index (χ2v) is 3.86. The third-order valence-electron chi connectivity index (χ3n) is 2.33. The molecule has 2 rings (SSSR count). The molecule has 0 radical (unpaired) electrons. The molecule has 0 atom stereocenters. The standard InChI is InChI=1S/C10H11N3O4/c1-5(2)8-9(17-12-10(8)11)6-3-4-7(16-6)13(14)15/h3-5H,1-2H3,(H2,11,12). The smallest absolute Gasteiger partial charge is 0.397 e. The third-order valence-corrected chi connectivity index (χ3v) is 2.33. The SMILES string of the molecule is CC(C)c1c(N)noc1-c1ccc([N+](=O)[O-])o1. The Morgan fingerprint density at radius 1 is 1.47 bits per heavy atom. The van der Waals surface area contributed by atoms with E-state index in [0.717, 1.165) is 0 Å². The van der Waals surface area contributed by atoms with Crippen molar-refractivity contribution >= 4 is 11.7 Å². The average molecular weight is 237 g/mol.